The van der Waals surface area contributed by atoms with Gasteiger partial charge in [0.1, 0.15) is 4.75 Å². The van der Waals surface area contributed by atoms with Crippen LogP contribution in [0.2, 0.25) is 0 Å². The van der Waals surface area contributed by atoms with E-state index in [0.29, 0.717) is 5.16 Å². The summed E-state index contributed by atoms with van der Waals surface area (Å²) >= 11 is 1.14. The van der Waals surface area contributed by atoms with Gasteiger partial charge in [-0.2, -0.15) is 0 Å². The summed E-state index contributed by atoms with van der Waals surface area (Å²) in [6.07, 6.45) is 1.85. The highest BCUT2D eigenvalue weighted by Crippen LogP contribution is 2.49. The first-order valence-corrected chi connectivity index (χ1v) is 5.80. The lowest BCUT2D eigenvalue weighted by Crippen LogP contribution is -2.34. The average molecular weight is 243 g/mol. The fraction of sp³-hybridized carbons (Fsp3) is 0.667. The van der Waals surface area contributed by atoms with Crippen LogP contribution < -0.4 is 5.69 Å². The van der Waals surface area contributed by atoms with Crippen molar-refractivity contribution in [3.8, 4) is 0 Å². The number of carbonyl (C=O) groups is 1. The molecule has 1 aliphatic rings. The molecule has 7 heteroatoms. The zero-order valence-electron chi connectivity index (χ0n) is 9.06. The number of hydrogen-bond acceptors (Lipinski definition) is 4. The zero-order chi connectivity index (χ0) is 11.9. The number of nitrogens with one attached hydrogen (secondary N) is 1. The number of thioether (sulfide) groups is 1. The molecule has 16 heavy (non-hydrogen) atoms. The third-order valence-electron chi connectivity index (χ3n) is 2.92. The standard InChI is InChI=1S/C9H13N3O3S/c1-9(6(13)14,5-3-4-5)16-8-11-10-7(15)12(8)2/h5H,3-4H2,1-2H3,(H,10,15)(H,13,14). The van der Waals surface area contributed by atoms with E-state index in [1.807, 2.05) is 0 Å². The molecule has 0 bridgehead atoms. The third-order valence-corrected chi connectivity index (χ3v) is 4.40. The second-order valence-corrected chi connectivity index (χ2v) is 5.58. The summed E-state index contributed by atoms with van der Waals surface area (Å²) in [7, 11) is 1.57. The zero-order valence-corrected chi connectivity index (χ0v) is 9.87. The number of rotatable bonds is 4. The van der Waals surface area contributed by atoms with E-state index in [1.165, 1.54) is 4.57 Å². The van der Waals surface area contributed by atoms with E-state index >= 15 is 0 Å². The first-order chi connectivity index (χ1) is 7.45. The van der Waals surface area contributed by atoms with Crippen molar-refractivity contribution in [2.24, 2.45) is 13.0 Å². The maximum atomic E-state index is 11.3. The molecule has 2 rings (SSSR count). The Balaban J connectivity index is 2.27. The highest BCUT2D eigenvalue weighted by Gasteiger charge is 2.49. The van der Waals surface area contributed by atoms with Crippen molar-refractivity contribution >= 4 is 17.7 Å². The summed E-state index contributed by atoms with van der Waals surface area (Å²) < 4.78 is 0.438. The van der Waals surface area contributed by atoms with Crippen LogP contribution in [-0.4, -0.2) is 30.6 Å². The van der Waals surface area contributed by atoms with Gasteiger partial charge in [-0.3, -0.25) is 9.36 Å². The van der Waals surface area contributed by atoms with E-state index in [-0.39, 0.29) is 11.6 Å². The molecule has 6 nitrogen and oxygen atoms in total. The summed E-state index contributed by atoms with van der Waals surface area (Å²) in [5.74, 6) is -0.683. The van der Waals surface area contributed by atoms with Crippen LogP contribution >= 0.6 is 11.8 Å². The fourth-order valence-electron chi connectivity index (χ4n) is 1.55. The smallest absolute Gasteiger partial charge is 0.343 e. The van der Waals surface area contributed by atoms with Crippen molar-refractivity contribution in [1.29, 1.82) is 0 Å². The fourth-order valence-corrected chi connectivity index (χ4v) is 2.73. The van der Waals surface area contributed by atoms with Crippen LogP contribution in [0.5, 0.6) is 0 Å². The molecule has 0 saturated heterocycles. The molecule has 0 spiro atoms. The Morgan fingerprint density at radius 3 is 2.69 bits per heavy atom. The van der Waals surface area contributed by atoms with Gasteiger partial charge in [-0.1, -0.05) is 11.8 Å². The van der Waals surface area contributed by atoms with Crippen molar-refractivity contribution in [3.05, 3.63) is 10.5 Å². The van der Waals surface area contributed by atoms with Crippen molar-refractivity contribution < 1.29 is 9.90 Å². The first kappa shape index (κ1) is 11.3. The molecule has 0 radical (unpaired) electrons. The van der Waals surface area contributed by atoms with Gasteiger partial charge in [-0.25, -0.2) is 9.89 Å². The SMILES string of the molecule is Cn1c(SC(C)(C(=O)O)C2CC2)n[nH]c1=O. The summed E-state index contributed by atoms with van der Waals surface area (Å²) in [5.41, 5.74) is -0.328. The second kappa shape index (κ2) is 3.65. The lowest BCUT2D eigenvalue weighted by Gasteiger charge is -2.22. The Morgan fingerprint density at radius 2 is 2.31 bits per heavy atom. The summed E-state index contributed by atoms with van der Waals surface area (Å²) in [6.45, 7) is 1.69. The summed E-state index contributed by atoms with van der Waals surface area (Å²) in [4.78, 5) is 22.4. The highest BCUT2D eigenvalue weighted by atomic mass is 32.2. The largest absolute Gasteiger partial charge is 0.480 e. The Kier molecular flexibility index (Phi) is 2.57. The highest BCUT2D eigenvalue weighted by molar-refractivity contribution is 8.01. The minimum atomic E-state index is -0.889. The molecule has 0 aromatic carbocycles. The van der Waals surface area contributed by atoms with Crippen molar-refractivity contribution in [2.45, 2.75) is 29.7 Å². The van der Waals surface area contributed by atoms with Gasteiger partial charge in [0.15, 0.2) is 5.16 Å². The van der Waals surface area contributed by atoms with Crippen LogP contribution in [0.25, 0.3) is 0 Å². The quantitative estimate of drug-likeness (QED) is 0.750. The number of aromatic nitrogens is 3. The third kappa shape index (κ3) is 1.75. The van der Waals surface area contributed by atoms with Gasteiger partial charge >= 0.3 is 11.7 Å². The Morgan fingerprint density at radius 1 is 1.69 bits per heavy atom. The monoisotopic (exact) mass is 243 g/mol. The van der Waals surface area contributed by atoms with Crippen LogP contribution in [0.3, 0.4) is 0 Å². The van der Waals surface area contributed by atoms with Crippen LogP contribution in [0.15, 0.2) is 9.95 Å². The Bertz CT molecular complexity index is 477. The maximum absolute atomic E-state index is 11.3. The first-order valence-electron chi connectivity index (χ1n) is 4.99. The van der Waals surface area contributed by atoms with E-state index in [0.717, 1.165) is 24.6 Å². The molecule has 1 unspecified atom stereocenters. The normalized spacial score (nSPS) is 19.4. The molecule has 1 heterocycles. The van der Waals surface area contributed by atoms with Gasteiger partial charge in [-0.15, -0.1) is 5.10 Å². The van der Waals surface area contributed by atoms with Crippen molar-refractivity contribution in [2.75, 3.05) is 0 Å². The van der Waals surface area contributed by atoms with E-state index < -0.39 is 10.7 Å². The summed E-state index contributed by atoms with van der Waals surface area (Å²) in [5, 5.41) is 15.8. The van der Waals surface area contributed by atoms with Gasteiger partial charge < -0.3 is 5.11 Å². The van der Waals surface area contributed by atoms with E-state index in [2.05, 4.69) is 10.2 Å². The van der Waals surface area contributed by atoms with Crippen LogP contribution in [0.4, 0.5) is 0 Å². The van der Waals surface area contributed by atoms with Crippen molar-refractivity contribution in [1.82, 2.24) is 14.8 Å². The molecule has 1 atom stereocenters. The van der Waals surface area contributed by atoms with E-state index in [4.69, 9.17) is 0 Å². The van der Waals surface area contributed by atoms with Crippen LogP contribution in [0, 0.1) is 5.92 Å². The number of hydrogen-bond donors (Lipinski definition) is 2. The number of aliphatic carboxylic acids is 1. The average Bonchev–Trinajstić information content (AvgIpc) is 3.02. The summed E-state index contributed by atoms with van der Waals surface area (Å²) in [6, 6.07) is 0. The number of carboxylic acid groups (broad SMARTS) is 1. The molecule has 0 aliphatic heterocycles. The molecule has 1 aliphatic carbocycles. The minimum Gasteiger partial charge on any atom is -0.480 e. The predicted octanol–water partition coefficient (Wildman–Crippen LogP) is 0.454. The second-order valence-electron chi connectivity index (χ2n) is 4.16. The molecule has 1 saturated carbocycles. The van der Waals surface area contributed by atoms with Gasteiger partial charge in [0, 0.05) is 7.05 Å². The molecular formula is C9H13N3O3S. The Labute approximate surface area is 96.0 Å². The molecule has 1 aromatic heterocycles. The van der Waals surface area contributed by atoms with Crippen molar-refractivity contribution in [3.63, 3.8) is 0 Å². The number of carboxylic acids is 1. The predicted molar refractivity (Wildman–Crippen MR) is 58.5 cm³/mol. The number of H-pyrrole nitrogens is 1. The molecular weight excluding hydrogens is 230 g/mol. The lowest BCUT2D eigenvalue weighted by molar-refractivity contribution is -0.140. The van der Waals surface area contributed by atoms with Gasteiger partial charge in [0.2, 0.25) is 0 Å². The minimum absolute atomic E-state index is 0.168. The van der Waals surface area contributed by atoms with E-state index in [9.17, 15) is 14.7 Å². The lowest BCUT2D eigenvalue weighted by atomic mass is 10.1. The molecule has 0 amide bonds. The van der Waals surface area contributed by atoms with E-state index in [1.54, 1.807) is 14.0 Å². The van der Waals surface area contributed by atoms with Crippen LogP contribution in [0.1, 0.15) is 19.8 Å². The van der Waals surface area contributed by atoms with Gasteiger partial charge in [-0.05, 0) is 25.7 Å². The molecule has 88 valence electrons. The van der Waals surface area contributed by atoms with Gasteiger partial charge in [0.05, 0.1) is 0 Å². The molecule has 1 fully saturated rings. The Hall–Kier alpha value is -1.24. The topological polar surface area (TPSA) is 88.0 Å². The number of nitrogens with zero attached hydrogens (tertiary/aromatic N) is 2. The number of aromatic amines is 1. The van der Waals surface area contributed by atoms with Crippen LogP contribution in [-0.2, 0) is 11.8 Å². The molecule has 2 N–H and O–H groups in total. The van der Waals surface area contributed by atoms with Gasteiger partial charge in [0.25, 0.3) is 0 Å². The molecule has 1 aromatic rings. The maximum Gasteiger partial charge on any atom is 0.343 e.